The van der Waals surface area contributed by atoms with E-state index in [1.54, 1.807) is 12.1 Å². The van der Waals surface area contributed by atoms with E-state index >= 15 is 0 Å². The van der Waals surface area contributed by atoms with Crippen LogP contribution >= 0.6 is 0 Å². The average molecular weight is 282 g/mol. The molecule has 5 heteroatoms. The van der Waals surface area contributed by atoms with Gasteiger partial charge in [0.15, 0.2) is 0 Å². The van der Waals surface area contributed by atoms with Gasteiger partial charge in [0.1, 0.15) is 0 Å². The van der Waals surface area contributed by atoms with Crippen molar-refractivity contribution in [3.63, 3.8) is 0 Å². The molecule has 2 unspecified atom stereocenters. The van der Waals surface area contributed by atoms with Crippen molar-refractivity contribution in [2.24, 2.45) is 11.7 Å². The maximum atomic E-state index is 12.7. The molecule has 0 aliphatic carbocycles. The summed E-state index contributed by atoms with van der Waals surface area (Å²) >= 11 is 0. The van der Waals surface area contributed by atoms with Crippen LogP contribution in [0.1, 0.15) is 24.5 Å². The molecule has 1 aliphatic heterocycles. The zero-order valence-electron chi connectivity index (χ0n) is 11.8. The molecule has 1 saturated heterocycles. The number of hydrogen-bond donors (Lipinski definition) is 1. The Labute approximate surface area is 115 Å². The molecule has 106 valence electrons. The molecule has 2 atom stereocenters. The van der Waals surface area contributed by atoms with Crippen molar-refractivity contribution in [2.45, 2.75) is 38.1 Å². The zero-order valence-corrected chi connectivity index (χ0v) is 12.6. The number of hydrogen-bond acceptors (Lipinski definition) is 3. The fourth-order valence-corrected chi connectivity index (χ4v) is 4.58. The lowest BCUT2D eigenvalue weighted by Gasteiger charge is -2.33. The van der Waals surface area contributed by atoms with Crippen LogP contribution in [0.15, 0.2) is 23.1 Å². The van der Waals surface area contributed by atoms with Crippen molar-refractivity contribution in [2.75, 3.05) is 13.1 Å². The number of rotatable bonds is 2. The van der Waals surface area contributed by atoms with Gasteiger partial charge in [0.05, 0.1) is 4.90 Å². The van der Waals surface area contributed by atoms with Crippen LogP contribution in [-0.2, 0) is 10.0 Å². The molecule has 1 aromatic rings. The predicted molar refractivity (Wildman–Crippen MR) is 76.4 cm³/mol. The fraction of sp³-hybridized carbons (Fsp3) is 0.571. The van der Waals surface area contributed by atoms with Crippen molar-refractivity contribution < 1.29 is 8.42 Å². The molecule has 1 fully saturated rings. The second-order valence-electron chi connectivity index (χ2n) is 5.75. The van der Waals surface area contributed by atoms with Crippen molar-refractivity contribution >= 4 is 10.0 Å². The van der Waals surface area contributed by atoms with E-state index in [0.717, 1.165) is 17.5 Å². The van der Waals surface area contributed by atoms with Gasteiger partial charge >= 0.3 is 0 Å². The first-order chi connectivity index (χ1) is 8.79. The summed E-state index contributed by atoms with van der Waals surface area (Å²) in [7, 11) is -3.42. The van der Waals surface area contributed by atoms with Crippen LogP contribution in [0, 0.1) is 19.8 Å². The van der Waals surface area contributed by atoms with Gasteiger partial charge in [-0.3, -0.25) is 0 Å². The standard InChI is InChI=1S/C14H22N2O2S/c1-10-4-11(2)7-14(6-10)19(17,18)16-8-12(3)5-13(15)9-16/h4,6-7,12-13H,5,8-9,15H2,1-3H3. The summed E-state index contributed by atoms with van der Waals surface area (Å²) in [5.74, 6) is 0.310. The number of nitrogens with two attached hydrogens (primary N) is 1. The highest BCUT2D eigenvalue weighted by molar-refractivity contribution is 7.89. The minimum absolute atomic E-state index is 0.0653. The van der Waals surface area contributed by atoms with Gasteiger partial charge in [0.25, 0.3) is 0 Å². The summed E-state index contributed by atoms with van der Waals surface area (Å²) in [5, 5.41) is 0. The maximum absolute atomic E-state index is 12.7. The van der Waals surface area contributed by atoms with Crippen molar-refractivity contribution in [1.29, 1.82) is 0 Å². The Hall–Kier alpha value is -0.910. The largest absolute Gasteiger partial charge is 0.326 e. The first kappa shape index (κ1) is 14.5. The molecule has 4 nitrogen and oxygen atoms in total. The van der Waals surface area contributed by atoms with Gasteiger partial charge in [-0.2, -0.15) is 4.31 Å². The molecule has 0 spiro atoms. The second-order valence-corrected chi connectivity index (χ2v) is 7.68. The molecule has 1 aliphatic rings. The third-order valence-electron chi connectivity index (χ3n) is 3.49. The maximum Gasteiger partial charge on any atom is 0.243 e. The van der Waals surface area contributed by atoms with Crippen LogP contribution in [-0.4, -0.2) is 31.9 Å². The zero-order chi connectivity index (χ0) is 14.2. The minimum atomic E-state index is -3.42. The van der Waals surface area contributed by atoms with E-state index in [-0.39, 0.29) is 6.04 Å². The monoisotopic (exact) mass is 282 g/mol. The normalized spacial score (nSPS) is 25.5. The highest BCUT2D eigenvalue weighted by atomic mass is 32.2. The van der Waals surface area contributed by atoms with E-state index in [4.69, 9.17) is 5.73 Å². The lowest BCUT2D eigenvalue weighted by atomic mass is 9.99. The van der Waals surface area contributed by atoms with E-state index in [9.17, 15) is 8.42 Å². The topological polar surface area (TPSA) is 63.4 Å². The smallest absolute Gasteiger partial charge is 0.243 e. The highest BCUT2D eigenvalue weighted by Crippen LogP contribution is 2.24. The quantitative estimate of drug-likeness (QED) is 0.897. The number of piperidine rings is 1. The SMILES string of the molecule is Cc1cc(C)cc(S(=O)(=O)N2CC(C)CC(N)C2)c1. The molecule has 2 rings (SSSR count). The first-order valence-electron chi connectivity index (χ1n) is 6.63. The molecule has 0 radical (unpaired) electrons. The summed E-state index contributed by atoms with van der Waals surface area (Å²) < 4.78 is 26.8. The van der Waals surface area contributed by atoms with Crippen molar-refractivity contribution in [1.82, 2.24) is 4.31 Å². The van der Waals surface area contributed by atoms with Gasteiger partial charge in [-0.15, -0.1) is 0 Å². The van der Waals surface area contributed by atoms with Gasteiger partial charge < -0.3 is 5.73 Å². The van der Waals surface area contributed by atoms with Crippen LogP contribution in [0.5, 0.6) is 0 Å². The third-order valence-corrected chi connectivity index (χ3v) is 5.30. The third kappa shape index (κ3) is 3.16. The van der Waals surface area contributed by atoms with Gasteiger partial charge in [-0.1, -0.05) is 13.0 Å². The number of nitrogens with zero attached hydrogens (tertiary/aromatic N) is 1. The Bertz CT molecular complexity index is 539. The summed E-state index contributed by atoms with van der Waals surface area (Å²) in [6.07, 6.45) is 0.888. The van der Waals surface area contributed by atoms with Gasteiger partial charge in [0.2, 0.25) is 10.0 Å². The van der Waals surface area contributed by atoms with E-state index < -0.39 is 10.0 Å². The molecule has 0 aromatic heterocycles. The van der Waals surface area contributed by atoms with Crippen LogP contribution in [0.25, 0.3) is 0 Å². The average Bonchev–Trinajstić information content (AvgIpc) is 2.26. The van der Waals surface area contributed by atoms with E-state index in [1.807, 2.05) is 26.8 Å². The molecule has 0 saturated carbocycles. The van der Waals surface area contributed by atoms with Crippen molar-refractivity contribution in [3.8, 4) is 0 Å². The van der Waals surface area contributed by atoms with Crippen LogP contribution in [0.2, 0.25) is 0 Å². The highest BCUT2D eigenvalue weighted by Gasteiger charge is 2.31. The summed E-state index contributed by atoms with van der Waals surface area (Å²) in [5.41, 5.74) is 7.88. The van der Waals surface area contributed by atoms with E-state index in [2.05, 4.69) is 0 Å². The number of aryl methyl sites for hydroxylation is 2. The van der Waals surface area contributed by atoms with Gasteiger partial charge in [0, 0.05) is 19.1 Å². The molecule has 1 heterocycles. The molecule has 0 bridgehead atoms. The van der Waals surface area contributed by atoms with E-state index in [1.165, 1.54) is 4.31 Å². The summed E-state index contributed by atoms with van der Waals surface area (Å²) in [6, 6.07) is 5.37. The first-order valence-corrected chi connectivity index (χ1v) is 8.07. The molecule has 2 N–H and O–H groups in total. The summed E-state index contributed by atoms with van der Waals surface area (Å²) in [6.45, 7) is 6.85. The molecular formula is C14H22N2O2S. The molecule has 19 heavy (non-hydrogen) atoms. The Morgan fingerprint density at radius 3 is 2.26 bits per heavy atom. The van der Waals surface area contributed by atoms with Crippen LogP contribution in [0.3, 0.4) is 0 Å². The molecular weight excluding hydrogens is 260 g/mol. The lowest BCUT2D eigenvalue weighted by molar-refractivity contribution is 0.254. The Kier molecular flexibility index (Phi) is 3.99. The Morgan fingerprint density at radius 2 is 1.74 bits per heavy atom. The van der Waals surface area contributed by atoms with Crippen LogP contribution in [0.4, 0.5) is 0 Å². The fourth-order valence-electron chi connectivity index (χ4n) is 2.78. The molecule has 0 amide bonds. The Balaban J connectivity index is 2.36. The van der Waals surface area contributed by atoms with E-state index in [0.29, 0.717) is 23.9 Å². The van der Waals surface area contributed by atoms with Crippen molar-refractivity contribution in [3.05, 3.63) is 29.3 Å². The predicted octanol–water partition coefficient (Wildman–Crippen LogP) is 1.66. The second kappa shape index (κ2) is 5.23. The number of sulfonamides is 1. The Morgan fingerprint density at radius 1 is 1.16 bits per heavy atom. The number of benzene rings is 1. The van der Waals surface area contributed by atoms with Gasteiger partial charge in [-0.05, 0) is 49.4 Å². The van der Waals surface area contributed by atoms with Gasteiger partial charge in [-0.25, -0.2) is 8.42 Å². The minimum Gasteiger partial charge on any atom is -0.326 e. The molecule has 1 aromatic carbocycles. The van der Waals surface area contributed by atoms with Crippen LogP contribution < -0.4 is 5.73 Å². The summed E-state index contributed by atoms with van der Waals surface area (Å²) in [4.78, 5) is 0.381. The lowest BCUT2D eigenvalue weighted by Crippen LogP contribution is -2.48.